The standard InChI is InChI=1S/C15H26N2O4/c1-11(2)12-4-3-7-17(8-5-12)14(20)16-15(13(18)19)6-9-21-10-15/h11-12H,3-10H2,1-2H3,(H,16,20)(H,18,19). The molecule has 2 aliphatic rings. The summed E-state index contributed by atoms with van der Waals surface area (Å²) < 4.78 is 5.17. The molecule has 0 bridgehead atoms. The third-order valence-corrected chi connectivity index (χ3v) is 4.78. The van der Waals surface area contributed by atoms with E-state index < -0.39 is 11.5 Å². The van der Waals surface area contributed by atoms with Crippen molar-refractivity contribution < 1.29 is 19.4 Å². The summed E-state index contributed by atoms with van der Waals surface area (Å²) in [5.74, 6) is 0.260. The second kappa shape index (κ2) is 6.64. The highest BCUT2D eigenvalue weighted by Gasteiger charge is 2.44. The lowest BCUT2D eigenvalue weighted by Gasteiger charge is -2.29. The van der Waals surface area contributed by atoms with Gasteiger partial charge in [-0.1, -0.05) is 13.8 Å². The topological polar surface area (TPSA) is 78.9 Å². The molecule has 0 aliphatic carbocycles. The smallest absolute Gasteiger partial charge is 0.332 e. The fourth-order valence-corrected chi connectivity index (χ4v) is 3.16. The van der Waals surface area contributed by atoms with Crippen LogP contribution in [0.15, 0.2) is 0 Å². The van der Waals surface area contributed by atoms with Crippen molar-refractivity contribution in [2.45, 2.75) is 45.1 Å². The number of likely N-dealkylation sites (tertiary alicyclic amines) is 1. The Morgan fingerprint density at radius 2 is 2.10 bits per heavy atom. The molecule has 2 unspecified atom stereocenters. The van der Waals surface area contributed by atoms with Crippen molar-refractivity contribution in [3.63, 3.8) is 0 Å². The average molecular weight is 298 g/mol. The van der Waals surface area contributed by atoms with Gasteiger partial charge in [0.15, 0.2) is 5.54 Å². The first-order valence-corrected chi connectivity index (χ1v) is 7.83. The van der Waals surface area contributed by atoms with Crippen LogP contribution in [0.1, 0.15) is 39.5 Å². The number of urea groups is 1. The number of carbonyl (C=O) groups is 2. The lowest BCUT2D eigenvalue weighted by molar-refractivity contribution is -0.144. The first-order valence-electron chi connectivity index (χ1n) is 7.83. The highest BCUT2D eigenvalue weighted by Crippen LogP contribution is 2.25. The molecule has 2 rings (SSSR count). The molecular formula is C15H26N2O4. The number of hydrogen-bond acceptors (Lipinski definition) is 3. The van der Waals surface area contributed by atoms with E-state index in [0.29, 0.717) is 38.0 Å². The molecule has 2 N–H and O–H groups in total. The van der Waals surface area contributed by atoms with Crippen LogP contribution in [0.2, 0.25) is 0 Å². The number of carboxylic acid groups (broad SMARTS) is 1. The first kappa shape index (κ1) is 16.1. The van der Waals surface area contributed by atoms with Crippen LogP contribution < -0.4 is 5.32 Å². The van der Waals surface area contributed by atoms with Crippen molar-refractivity contribution in [1.29, 1.82) is 0 Å². The summed E-state index contributed by atoms with van der Waals surface area (Å²) in [5, 5.41) is 12.1. The number of amides is 2. The highest BCUT2D eigenvalue weighted by molar-refractivity contribution is 5.86. The normalized spacial score (nSPS) is 30.2. The molecule has 2 aliphatic heterocycles. The summed E-state index contributed by atoms with van der Waals surface area (Å²) in [6, 6.07) is -0.271. The van der Waals surface area contributed by atoms with E-state index in [0.717, 1.165) is 19.3 Å². The fourth-order valence-electron chi connectivity index (χ4n) is 3.16. The van der Waals surface area contributed by atoms with Crippen molar-refractivity contribution >= 4 is 12.0 Å². The van der Waals surface area contributed by atoms with E-state index in [1.54, 1.807) is 4.90 Å². The Bertz CT molecular complexity index is 391. The van der Waals surface area contributed by atoms with Crippen LogP contribution >= 0.6 is 0 Å². The molecule has 2 fully saturated rings. The van der Waals surface area contributed by atoms with Gasteiger partial charge in [-0.2, -0.15) is 0 Å². The molecule has 0 spiro atoms. The molecule has 2 heterocycles. The van der Waals surface area contributed by atoms with Crippen LogP contribution in [0.3, 0.4) is 0 Å². The van der Waals surface area contributed by atoms with Crippen molar-refractivity contribution in [3.8, 4) is 0 Å². The molecule has 0 aromatic rings. The number of hydrogen-bond donors (Lipinski definition) is 2. The summed E-state index contributed by atoms with van der Waals surface area (Å²) >= 11 is 0. The number of aliphatic carboxylic acids is 1. The van der Waals surface area contributed by atoms with Gasteiger partial charge < -0.3 is 20.1 Å². The minimum absolute atomic E-state index is 0.0521. The molecule has 21 heavy (non-hydrogen) atoms. The predicted octanol–water partition coefficient (Wildman–Crippen LogP) is 1.70. The summed E-state index contributed by atoms with van der Waals surface area (Å²) in [6.07, 6.45) is 3.43. The van der Waals surface area contributed by atoms with Gasteiger partial charge in [0.2, 0.25) is 0 Å². The summed E-state index contributed by atoms with van der Waals surface area (Å²) in [6.45, 7) is 6.26. The Morgan fingerprint density at radius 3 is 2.67 bits per heavy atom. The van der Waals surface area contributed by atoms with Crippen molar-refractivity contribution in [1.82, 2.24) is 10.2 Å². The molecule has 2 saturated heterocycles. The van der Waals surface area contributed by atoms with Crippen LogP contribution in [-0.4, -0.2) is 53.8 Å². The van der Waals surface area contributed by atoms with Crippen LogP contribution in [0.5, 0.6) is 0 Å². The van der Waals surface area contributed by atoms with E-state index in [4.69, 9.17) is 4.74 Å². The average Bonchev–Trinajstić information content (AvgIpc) is 2.75. The van der Waals surface area contributed by atoms with Gasteiger partial charge in [0.25, 0.3) is 0 Å². The SMILES string of the molecule is CC(C)C1CCCN(C(=O)NC2(C(=O)O)CCOC2)CC1. The second-order valence-corrected chi connectivity index (χ2v) is 6.54. The number of carboxylic acids is 1. The largest absolute Gasteiger partial charge is 0.479 e. The maximum Gasteiger partial charge on any atom is 0.332 e. The first-order chi connectivity index (χ1) is 9.94. The van der Waals surface area contributed by atoms with E-state index >= 15 is 0 Å². The van der Waals surface area contributed by atoms with Crippen molar-refractivity contribution in [2.75, 3.05) is 26.3 Å². The van der Waals surface area contributed by atoms with E-state index in [9.17, 15) is 14.7 Å². The number of nitrogens with one attached hydrogen (secondary N) is 1. The Labute approximate surface area is 125 Å². The van der Waals surface area contributed by atoms with Gasteiger partial charge in [0.1, 0.15) is 0 Å². The van der Waals surface area contributed by atoms with Gasteiger partial charge in [0, 0.05) is 26.1 Å². The Morgan fingerprint density at radius 1 is 1.33 bits per heavy atom. The monoisotopic (exact) mass is 298 g/mol. The molecule has 2 amide bonds. The van der Waals surface area contributed by atoms with Crippen molar-refractivity contribution in [2.24, 2.45) is 11.8 Å². The number of carbonyl (C=O) groups excluding carboxylic acids is 1. The third-order valence-electron chi connectivity index (χ3n) is 4.78. The molecule has 6 nitrogen and oxygen atoms in total. The van der Waals surface area contributed by atoms with Gasteiger partial charge in [0.05, 0.1) is 6.61 Å². The van der Waals surface area contributed by atoms with E-state index in [1.165, 1.54) is 0 Å². The Balaban J connectivity index is 1.95. The summed E-state index contributed by atoms with van der Waals surface area (Å²) in [4.78, 5) is 25.6. The zero-order chi connectivity index (χ0) is 15.5. The van der Waals surface area contributed by atoms with Gasteiger partial charge >= 0.3 is 12.0 Å². The molecule has 6 heteroatoms. The number of rotatable bonds is 3. The van der Waals surface area contributed by atoms with Gasteiger partial charge in [-0.05, 0) is 31.1 Å². The number of ether oxygens (including phenoxy) is 1. The predicted molar refractivity (Wildman–Crippen MR) is 78.1 cm³/mol. The molecule has 0 radical (unpaired) electrons. The lowest BCUT2D eigenvalue weighted by Crippen LogP contribution is -2.58. The van der Waals surface area contributed by atoms with E-state index in [-0.39, 0.29) is 12.6 Å². The zero-order valence-corrected chi connectivity index (χ0v) is 12.9. The van der Waals surface area contributed by atoms with Gasteiger partial charge in [-0.3, -0.25) is 0 Å². The Kier molecular flexibility index (Phi) is 5.08. The third kappa shape index (κ3) is 3.67. The maximum atomic E-state index is 12.4. The molecule has 0 aromatic heterocycles. The lowest BCUT2D eigenvalue weighted by atomic mass is 9.89. The van der Waals surface area contributed by atoms with Crippen molar-refractivity contribution in [3.05, 3.63) is 0 Å². The van der Waals surface area contributed by atoms with E-state index in [2.05, 4.69) is 19.2 Å². The second-order valence-electron chi connectivity index (χ2n) is 6.54. The summed E-state index contributed by atoms with van der Waals surface area (Å²) in [7, 11) is 0. The molecule has 0 aromatic carbocycles. The van der Waals surface area contributed by atoms with Crippen LogP contribution in [0.4, 0.5) is 4.79 Å². The molecular weight excluding hydrogens is 272 g/mol. The minimum atomic E-state index is -1.25. The van der Waals surface area contributed by atoms with E-state index in [1.807, 2.05) is 0 Å². The number of nitrogens with zero attached hydrogens (tertiary/aromatic N) is 1. The fraction of sp³-hybridized carbons (Fsp3) is 0.867. The molecule has 2 atom stereocenters. The summed E-state index contributed by atoms with van der Waals surface area (Å²) in [5.41, 5.74) is -1.25. The van der Waals surface area contributed by atoms with Gasteiger partial charge in [-0.15, -0.1) is 0 Å². The molecule has 0 saturated carbocycles. The van der Waals surface area contributed by atoms with Gasteiger partial charge in [-0.25, -0.2) is 9.59 Å². The van der Waals surface area contributed by atoms with Crippen LogP contribution in [-0.2, 0) is 9.53 Å². The van der Waals surface area contributed by atoms with Crippen LogP contribution in [0, 0.1) is 11.8 Å². The quantitative estimate of drug-likeness (QED) is 0.831. The van der Waals surface area contributed by atoms with Crippen LogP contribution in [0.25, 0.3) is 0 Å². The molecule has 120 valence electrons. The zero-order valence-electron chi connectivity index (χ0n) is 12.9. The maximum absolute atomic E-state index is 12.4. The minimum Gasteiger partial charge on any atom is -0.479 e. The highest BCUT2D eigenvalue weighted by atomic mass is 16.5. The Hall–Kier alpha value is -1.30.